The monoisotopic (exact) mass is 245 g/mol. The molecule has 2 aromatic rings. The highest BCUT2D eigenvalue weighted by Gasteiger charge is 2.13. The Morgan fingerprint density at radius 1 is 1.17 bits per heavy atom. The second-order valence-corrected chi connectivity index (χ2v) is 4.28. The van der Waals surface area contributed by atoms with Crippen LogP contribution in [-0.2, 0) is 6.42 Å². The van der Waals surface area contributed by atoms with Crippen molar-refractivity contribution >= 4 is 0 Å². The van der Waals surface area contributed by atoms with E-state index in [1.54, 1.807) is 0 Å². The summed E-state index contributed by atoms with van der Waals surface area (Å²) in [6.45, 7) is 7.08. The average Bonchev–Trinajstić information content (AvgIpc) is 2.89. The summed E-state index contributed by atoms with van der Waals surface area (Å²) < 4.78 is 5.67. The van der Waals surface area contributed by atoms with Crippen LogP contribution in [0.4, 0.5) is 0 Å². The maximum absolute atomic E-state index is 5.67. The van der Waals surface area contributed by atoms with Gasteiger partial charge in [-0.1, -0.05) is 26.0 Å². The lowest BCUT2D eigenvalue weighted by Crippen LogP contribution is -2.17. The maximum Gasteiger partial charge on any atom is 0.247 e. The van der Waals surface area contributed by atoms with Gasteiger partial charge in [0.25, 0.3) is 0 Å². The van der Waals surface area contributed by atoms with Crippen molar-refractivity contribution in [1.82, 2.24) is 15.5 Å². The van der Waals surface area contributed by atoms with Gasteiger partial charge >= 0.3 is 0 Å². The normalized spacial score (nSPS) is 12.6. The van der Waals surface area contributed by atoms with Crippen LogP contribution in [0, 0.1) is 0 Å². The molecule has 4 nitrogen and oxygen atoms in total. The van der Waals surface area contributed by atoms with Gasteiger partial charge in [-0.15, -0.1) is 10.2 Å². The summed E-state index contributed by atoms with van der Waals surface area (Å²) in [4.78, 5) is 0. The van der Waals surface area contributed by atoms with Crippen LogP contribution in [-0.4, -0.2) is 16.7 Å². The SMILES string of the molecule is CCNC(C)c1nnc(-c2ccc(CC)cc2)o1. The third kappa shape index (κ3) is 2.76. The zero-order valence-corrected chi connectivity index (χ0v) is 11.1. The van der Waals surface area contributed by atoms with E-state index in [9.17, 15) is 0 Å². The Hall–Kier alpha value is -1.68. The molecule has 0 aliphatic carbocycles. The van der Waals surface area contributed by atoms with Gasteiger partial charge in [-0.25, -0.2) is 0 Å². The summed E-state index contributed by atoms with van der Waals surface area (Å²) >= 11 is 0. The van der Waals surface area contributed by atoms with Crippen LogP contribution in [0.3, 0.4) is 0 Å². The van der Waals surface area contributed by atoms with Crippen molar-refractivity contribution in [2.24, 2.45) is 0 Å². The smallest absolute Gasteiger partial charge is 0.247 e. The predicted octanol–water partition coefficient (Wildman–Crippen LogP) is 2.97. The van der Waals surface area contributed by atoms with E-state index in [2.05, 4.69) is 41.5 Å². The Morgan fingerprint density at radius 2 is 1.89 bits per heavy atom. The Labute approximate surface area is 107 Å². The van der Waals surface area contributed by atoms with Crippen molar-refractivity contribution in [1.29, 1.82) is 0 Å². The summed E-state index contributed by atoms with van der Waals surface area (Å²) in [5.41, 5.74) is 2.27. The summed E-state index contributed by atoms with van der Waals surface area (Å²) in [5, 5.41) is 11.4. The first-order valence-corrected chi connectivity index (χ1v) is 6.40. The fourth-order valence-corrected chi connectivity index (χ4v) is 1.80. The van der Waals surface area contributed by atoms with E-state index in [4.69, 9.17) is 4.42 Å². The van der Waals surface area contributed by atoms with E-state index in [1.165, 1.54) is 5.56 Å². The van der Waals surface area contributed by atoms with Crippen molar-refractivity contribution in [2.75, 3.05) is 6.54 Å². The van der Waals surface area contributed by atoms with Crippen LogP contribution in [0.2, 0.25) is 0 Å². The number of aromatic nitrogens is 2. The first-order chi connectivity index (χ1) is 8.74. The molecule has 1 aromatic carbocycles. The molecular weight excluding hydrogens is 226 g/mol. The van der Waals surface area contributed by atoms with Crippen LogP contribution >= 0.6 is 0 Å². The molecule has 0 saturated carbocycles. The second-order valence-electron chi connectivity index (χ2n) is 4.28. The molecule has 18 heavy (non-hydrogen) atoms. The zero-order valence-electron chi connectivity index (χ0n) is 11.1. The van der Waals surface area contributed by atoms with Crippen molar-refractivity contribution in [2.45, 2.75) is 33.2 Å². The second kappa shape index (κ2) is 5.78. The highest BCUT2D eigenvalue weighted by molar-refractivity contribution is 5.52. The summed E-state index contributed by atoms with van der Waals surface area (Å²) in [6.07, 6.45) is 1.03. The van der Waals surface area contributed by atoms with E-state index in [-0.39, 0.29) is 6.04 Å². The summed E-state index contributed by atoms with van der Waals surface area (Å²) in [5.74, 6) is 1.21. The zero-order chi connectivity index (χ0) is 13.0. The number of hydrogen-bond donors (Lipinski definition) is 1. The predicted molar refractivity (Wildman–Crippen MR) is 71.2 cm³/mol. The summed E-state index contributed by atoms with van der Waals surface area (Å²) in [7, 11) is 0. The Morgan fingerprint density at radius 3 is 2.50 bits per heavy atom. The van der Waals surface area contributed by atoms with Gasteiger partial charge in [0.2, 0.25) is 11.8 Å². The quantitative estimate of drug-likeness (QED) is 0.879. The van der Waals surface area contributed by atoms with Gasteiger partial charge in [0.05, 0.1) is 6.04 Å². The number of nitrogens with one attached hydrogen (secondary N) is 1. The van der Waals surface area contributed by atoms with Crippen LogP contribution in [0.25, 0.3) is 11.5 Å². The molecule has 0 saturated heterocycles. The van der Waals surface area contributed by atoms with Gasteiger partial charge in [-0.2, -0.15) is 0 Å². The lowest BCUT2D eigenvalue weighted by molar-refractivity contribution is 0.429. The number of aryl methyl sites for hydroxylation is 1. The highest BCUT2D eigenvalue weighted by atomic mass is 16.4. The van der Waals surface area contributed by atoms with Gasteiger partial charge in [0.15, 0.2) is 0 Å². The van der Waals surface area contributed by atoms with Crippen LogP contribution in [0.5, 0.6) is 0 Å². The molecular formula is C14H19N3O. The van der Waals surface area contributed by atoms with E-state index in [0.29, 0.717) is 11.8 Å². The molecule has 0 radical (unpaired) electrons. The highest BCUT2D eigenvalue weighted by Crippen LogP contribution is 2.21. The molecule has 96 valence electrons. The molecule has 1 N–H and O–H groups in total. The number of hydrogen-bond acceptors (Lipinski definition) is 4. The van der Waals surface area contributed by atoms with Gasteiger partial charge in [-0.3, -0.25) is 0 Å². The minimum absolute atomic E-state index is 0.0890. The maximum atomic E-state index is 5.67. The first kappa shape index (κ1) is 12.8. The van der Waals surface area contributed by atoms with Gasteiger partial charge in [0.1, 0.15) is 0 Å². The molecule has 0 aliphatic heterocycles. The number of rotatable bonds is 5. The molecule has 0 aliphatic rings. The fourth-order valence-electron chi connectivity index (χ4n) is 1.80. The van der Waals surface area contributed by atoms with Crippen molar-refractivity contribution in [3.8, 4) is 11.5 Å². The molecule has 0 spiro atoms. The third-order valence-corrected chi connectivity index (χ3v) is 2.93. The number of benzene rings is 1. The summed E-state index contributed by atoms with van der Waals surface area (Å²) in [6, 6.07) is 8.31. The molecule has 0 fully saturated rings. The van der Waals surface area contributed by atoms with Crippen molar-refractivity contribution in [3.05, 3.63) is 35.7 Å². The molecule has 1 heterocycles. The standard InChI is InChI=1S/C14H19N3O/c1-4-11-6-8-12(9-7-11)14-17-16-13(18-14)10(3)15-5-2/h6-10,15H,4-5H2,1-3H3. The van der Waals surface area contributed by atoms with E-state index < -0.39 is 0 Å². The van der Waals surface area contributed by atoms with Crippen molar-refractivity contribution in [3.63, 3.8) is 0 Å². The van der Waals surface area contributed by atoms with Gasteiger partial charge in [0, 0.05) is 5.56 Å². The van der Waals surface area contributed by atoms with E-state index in [0.717, 1.165) is 18.5 Å². The Kier molecular flexibility index (Phi) is 4.10. The molecule has 1 atom stereocenters. The topological polar surface area (TPSA) is 51.0 Å². The average molecular weight is 245 g/mol. The fraction of sp³-hybridized carbons (Fsp3) is 0.429. The minimum Gasteiger partial charge on any atom is -0.419 e. The van der Waals surface area contributed by atoms with Crippen LogP contribution in [0.15, 0.2) is 28.7 Å². The van der Waals surface area contributed by atoms with Gasteiger partial charge < -0.3 is 9.73 Å². The molecule has 1 unspecified atom stereocenters. The third-order valence-electron chi connectivity index (χ3n) is 2.93. The number of nitrogens with zero attached hydrogens (tertiary/aromatic N) is 2. The molecule has 0 bridgehead atoms. The van der Waals surface area contributed by atoms with Crippen molar-refractivity contribution < 1.29 is 4.42 Å². The lowest BCUT2D eigenvalue weighted by atomic mass is 10.1. The van der Waals surface area contributed by atoms with Crippen LogP contribution < -0.4 is 5.32 Å². The first-order valence-electron chi connectivity index (χ1n) is 6.40. The Balaban J connectivity index is 2.18. The van der Waals surface area contributed by atoms with Gasteiger partial charge in [-0.05, 0) is 37.6 Å². The van der Waals surface area contributed by atoms with E-state index >= 15 is 0 Å². The van der Waals surface area contributed by atoms with E-state index in [1.807, 2.05) is 19.1 Å². The molecule has 1 aromatic heterocycles. The molecule has 0 amide bonds. The molecule has 4 heteroatoms. The largest absolute Gasteiger partial charge is 0.419 e. The lowest BCUT2D eigenvalue weighted by Gasteiger charge is -2.05. The molecule has 2 rings (SSSR count). The minimum atomic E-state index is 0.0890. The Bertz CT molecular complexity index is 490. The van der Waals surface area contributed by atoms with Crippen LogP contribution in [0.1, 0.15) is 38.3 Å².